The number of Topliss-reactive ketones (excluding diaryl/α,β-unsaturated/α-hetero) is 1. The van der Waals surface area contributed by atoms with Gasteiger partial charge in [0.1, 0.15) is 5.69 Å². The molecule has 1 heterocycles. The minimum Gasteiger partial charge on any atom is -0.292 e. The zero-order valence-corrected chi connectivity index (χ0v) is 7.71. The third-order valence-corrected chi connectivity index (χ3v) is 2.44. The molecule has 1 aromatic carbocycles. The summed E-state index contributed by atoms with van der Waals surface area (Å²) < 4.78 is 0. The van der Waals surface area contributed by atoms with E-state index in [-0.39, 0.29) is 5.78 Å². The molecule has 1 aliphatic carbocycles. The Morgan fingerprint density at radius 1 is 1.00 bits per heavy atom. The largest absolute Gasteiger partial charge is 0.292 e. The molecule has 0 saturated carbocycles. The van der Waals surface area contributed by atoms with E-state index in [4.69, 9.17) is 0 Å². The van der Waals surface area contributed by atoms with Crippen LogP contribution in [0.15, 0.2) is 24.3 Å². The minimum absolute atomic E-state index is 0.0499. The van der Waals surface area contributed by atoms with Gasteiger partial charge in [0.15, 0.2) is 11.5 Å². The first kappa shape index (κ1) is 8.16. The zero-order chi connectivity index (χ0) is 10.3. The third-order valence-electron chi connectivity index (χ3n) is 2.44. The number of nitrogens with zero attached hydrogens (tertiary/aromatic N) is 4. The molecule has 0 unspecified atom stereocenters. The van der Waals surface area contributed by atoms with Crippen LogP contribution in [0.5, 0.6) is 0 Å². The van der Waals surface area contributed by atoms with Crippen LogP contribution in [0.4, 0.5) is 0 Å². The van der Waals surface area contributed by atoms with Crippen LogP contribution < -0.4 is 0 Å². The fraction of sp³-hybridized carbons (Fsp3) is 0.100. The maximum Gasteiger partial charge on any atom is 0.189 e. The Hall–Kier alpha value is -2.17. The van der Waals surface area contributed by atoms with E-state index in [1.807, 2.05) is 24.3 Å². The van der Waals surface area contributed by atoms with Gasteiger partial charge < -0.3 is 0 Å². The number of aromatic nitrogens is 4. The van der Waals surface area contributed by atoms with Gasteiger partial charge in [-0.15, -0.1) is 10.2 Å². The van der Waals surface area contributed by atoms with E-state index < -0.39 is 0 Å². The van der Waals surface area contributed by atoms with E-state index in [1.54, 1.807) is 0 Å². The molecule has 3 rings (SSSR count). The first-order valence-electron chi connectivity index (χ1n) is 4.54. The van der Waals surface area contributed by atoms with E-state index in [9.17, 15) is 4.79 Å². The van der Waals surface area contributed by atoms with Gasteiger partial charge in [-0.25, -0.2) is 0 Å². The molecule has 0 aliphatic heterocycles. The molecule has 0 radical (unpaired) electrons. The fourth-order valence-corrected chi connectivity index (χ4v) is 1.76. The molecule has 1 aliphatic rings. The predicted molar refractivity (Wildman–Crippen MR) is 51.1 cm³/mol. The van der Waals surface area contributed by atoms with Crippen LogP contribution in [0.25, 0.3) is 11.3 Å². The standard InChI is InChI=1S/C10H6N4O/c15-8-5-6-3-1-2-4-7(6)9-10(8)12-14-13-11-9/h1-4H,5H2. The molecule has 72 valence electrons. The average Bonchev–Trinajstić information content (AvgIpc) is 2.30. The molecular formula is C10H6N4O. The summed E-state index contributed by atoms with van der Waals surface area (Å²) in [6.45, 7) is 0. The maximum absolute atomic E-state index is 11.7. The smallest absolute Gasteiger partial charge is 0.189 e. The Labute approximate surface area is 85.2 Å². The first-order valence-corrected chi connectivity index (χ1v) is 4.54. The van der Waals surface area contributed by atoms with Crippen molar-refractivity contribution in [3.8, 4) is 11.3 Å². The summed E-state index contributed by atoms with van der Waals surface area (Å²) in [5.41, 5.74) is 2.76. The number of fused-ring (bicyclic) bond motifs is 3. The highest BCUT2D eigenvalue weighted by Crippen LogP contribution is 2.29. The van der Waals surface area contributed by atoms with Crippen molar-refractivity contribution in [1.29, 1.82) is 0 Å². The number of carbonyl (C=O) groups excluding carboxylic acids is 1. The molecule has 0 bridgehead atoms. The number of hydrogen-bond donors (Lipinski definition) is 0. The second kappa shape index (κ2) is 2.91. The molecule has 0 saturated heterocycles. The van der Waals surface area contributed by atoms with Crippen molar-refractivity contribution in [3.63, 3.8) is 0 Å². The van der Waals surface area contributed by atoms with Crippen molar-refractivity contribution >= 4 is 5.78 Å². The lowest BCUT2D eigenvalue weighted by molar-refractivity contribution is 0.0985. The van der Waals surface area contributed by atoms with Gasteiger partial charge in [-0.05, 0) is 16.0 Å². The van der Waals surface area contributed by atoms with Crippen molar-refractivity contribution in [2.75, 3.05) is 0 Å². The van der Waals surface area contributed by atoms with Gasteiger partial charge in [-0.3, -0.25) is 4.79 Å². The number of rotatable bonds is 0. The molecule has 0 amide bonds. The van der Waals surface area contributed by atoms with Crippen LogP contribution in [-0.2, 0) is 6.42 Å². The molecule has 1 aromatic heterocycles. The Balaban J connectivity index is 2.34. The lowest BCUT2D eigenvalue weighted by Gasteiger charge is -2.14. The summed E-state index contributed by atoms with van der Waals surface area (Å²) in [5, 5.41) is 14.4. The van der Waals surface area contributed by atoms with Crippen molar-refractivity contribution in [1.82, 2.24) is 20.6 Å². The highest BCUT2D eigenvalue weighted by atomic mass is 16.1. The number of carbonyl (C=O) groups is 1. The van der Waals surface area contributed by atoms with Crippen LogP contribution in [0.3, 0.4) is 0 Å². The molecule has 0 N–H and O–H groups in total. The SMILES string of the molecule is O=C1Cc2ccccc2-c2nnnnc21. The third kappa shape index (κ3) is 1.13. The number of benzene rings is 1. The van der Waals surface area contributed by atoms with Crippen LogP contribution in [0, 0.1) is 0 Å². The minimum atomic E-state index is -0.0499. The van der Waals surface area contributed by atoms with Crippen molar-refractivity contribution < 1.29 is 4.79 Å². The monoisotopic (exact) mass is 198 g/mol. The summed E-state index contributed by atoms with van der Waals surface area (Å²) >= 11 is 0. The Bertz CT molecular complexity index is 553. The molecule has 0 atom stereocenters. The highest BCUT2D eigenvalue weighted by molar-refractivity contribution is 6.04. The van der Waals surface area contributed by atoms with Crippen LogP contribution in [0.1, 0.15) is 16.1 Å². The molecule has 0 spiro atoms. The van der Waals surface area contributed by atoms with Gasteiger partial charge in [-0.1, -0.05) is 24.3 Å². The molecule has 5 nitrogen and oxygen atoms in total. The summed E-state index contributed by atoms with van der Waals surface area (Å²) in [4.78, 5) is 11.7. The van der Waals surface area contributed by atoms with Gasteiger partial charge in [0.05, 0.1) is 0 Å². The normalized spacial score (nSPS) is 13.2. The summed E-state index contributed by atoms with van der Waals surface area (Å²) in [6.07, 6.45) is 0.365. The molecule has 0 fully saturated rings. The van der Waals surface area contributed by atoms with E-state index in [1.165, 1.54) is 0 Å². The summed E-state index contributed by atoms with van der Waals surface area (Å²) in [6, 6.07) is 7.63. The molecule has 2 aromatic rings. The van der Waals surface area contributed by atoms with Gasteiger partial charge in [-0.2, -0.15) is 0 Å². The Morgan fingerprint density at radius 3 is 2.60 bits per heavy atom. The number of ketones is 1. The summed E-state index contributed by atoms with van der Waals surface area (Å²) in [7, 11) is 0. The van der Waals surface area contributed by atoms with Gasteiger partial charge in [0.2, 0.25) is 0 Å². The fourth-order valence-electron chi connectivity index (χ4n) is 1.76. The van der Waals surface area contributed by atoms with Crippen LogP contribution in [0.2, 0.25) is 0 Å². The average molecular weight is 198 g/mol. The molecule has 15 heavy (non-hydrogen) atoms. The topological polar surface area (TPSA) is 68.6 Å². The zero-order valence-electron chi connectivity index (χ0n) is 7.71. The van der Waals surface area contributed by atoms with Crippen LogP contribution in [-0.4, -0.2) is 26.4 Å². The quantitative estimate of drug-likeness (QED) is 0.622. The van der Waals surface area contributed by atoms with E-state index in [0.717, 1.165) is 11.1 Å². The van der Waals surface area contributed by atoms with E-state index >= 15 is 0 Å². The number of hydrogen-bond acceptors (Lipinski definition) is 5. The second-order valence-electron chi connectivity index (χ2n) is 3.33. The molecule has 5 heteroatoms. The maximum atomic E-state index is 11.7. The van der Waals surface area contributed by atoms with E-state index in [0.29, 0.717) is 17.8 Å². The lowest BCUT2D eigenvalue weighted by Crippen LogP contribution is -2.17. The van der Waals surface area contributed by atoms with Gasteiger partial charge >= 0.3 is 0 Å². The lowest BCUT2D eigenvalue weighted by atomic mass is 9.91. The van der Waals surface area contributed by atoms with Gasteiger partial charge in [0.25, 0.3) is 0 Å². The second-order valence-corrected chi connectivity index (χ2v) is 3.33. The highest BCUT2D eigenvalue weighted by Gasteiger charge is 2.25. The van der Waals surface area contributed by atoms with Gasteiger partial charge in [0, 0.05) is 12.0 Å². The van der Waals surface area contributed by atoms with E-state index in [2.05, 4.69) is 20.6 Å². The van der Waals surface area contributed by atoms with Crippen molar-refractivity contribution in [2.45, 2.75) is 6.42 Å². The summed E-state index contributed by atoms with van der Waals surface area (Å²) in [5.74, 6) is -0.0499. The Morgan fingerprint density at radius 2 is 1.73 bits per heavy atom. The van der Waals surface area contributed by atoms with Crippen LogP contribution >= 0.6 is 0 Å². The Kier molecular flexibility index (Phi) is 1.58. The van der Waals surface area contributed by atoms with Crippen molar-refractivity contribution in [2.24, 2.45) is 0 Å². The predicted octanol–water partition coefficient (Wildman–Crippen LogP) is 0.672. The van der Waals surface area contributed by atoms with Crippen molar-refractivity contribution in [3.05, 3.63) is 35.5 Å². The molecular weight excluding hydrogens is 192 g/mol. The first-order chi connectivity index (χ1) is 7.36.